The zero-order valence-corrected chi connectivity index (χ0v) is 10.5. The predicted octanol–water partition coefficient (Wildman–Crippen LogP) is 2.89. The highest BCUT2D eigenvalue weighted by molar-refractivity contribution is 4.91. The van der Waals surface area contributed by atoms with E-state index in [-0.39, 0.29) is 0 Å². The highest BCUT2D eigenvalue weighted by Gasteiger charge is 2.21. The van der Waals surface area contributed by atoms with Crippen molar-refractivity contribution in [3.63, 3.8) is 0 Å². The van der Waals surface area contributed by atoms with E-state index in [1.54, 1.807) is 0 Å². The largest absolute Gasteiger partial charge is 0.378 e. The molecule has 3 atom stereocenters. The van der Waals surface area contributed by atoms with Crippen molar-refractivity contribution < 1.29 is 4.74 Å². The van der Waals surface area contributed by atoms with Gasteiger partial charge < -0.3 is 10.1 Å². The predicted molar refractivity (Wildman–Crippen MR) is 67.5 cm³/mol. The second-order valence-corrected chi connectivity index (χ2v) is 5.18. The Bertz CT molecular complexity index is 227. The molecule has 1 saturated heterocycles. The molecule has 2 rings (SSSR count). The fraction of sp³-hybridized carbons (Fsp3) is 0.857. The Labute approximate surface area is 99.4 Å². The van der Waals surface area contributed by atoms with Crippen molar-refractivity contribution in [2.75, 3.05) is 13.2 Å². The third kappa shape index (κ3) is 3.60. The minimum absolute atomic E-state index is 0.498. The maximum atomic E-state index is 5.70. The lowest BCUT2D eigenvalue weighted by Gasteiger charge is -2.31. The lowest BCUT2D eigenvalue weighted by Crippen LogP contribution is -2.40. The van der Waals surface area contributed by atoms with Crippen LogP contribution in [0.1, 0.15) is 45.4 Å². The first-order valence-corrected chi connectivity index (χ1v) is 6.88. The quantitative estimate of drug-likeness (QED) is 0.740. The van der Waals surface area contributed by atoms with Gasteiger partial charge in [0.05, 0.1) is 6.10 Å². The molecule has 1 aliphatic carbocycles. The molecule has 0 radical (unpaired) electrons. The maximum Gasteiger partial charge on any atom is 0.0587 e. The van der Waals surface area contributed by atoms with Crippen LogP contribution in [0.15, 0.2) is 12.2 Å². The molecule has 0 amide bonds. The van der Waals surface area contributed by atoms with Crippen molar-refractivity contribution in [1.29, 1.82) is 0 Å². The summed E-state index contributed by atoms with van der Waals surface area (Å²) in [7, 11) is 0. The van der Waals surface area contributed by atoms with Crippen LogP contribution in [0.25, 0.3) is 0 Å². The molecule has 1 N–H and O–H groups in total. The number of hydrogen-bond donors (Lipinski definition) is 1. The number of nitrogens with one attached hydrogen (secondary N) is 1. The summed E-state index contributed by atoms with van der Waals surface area (Å²) in [6.45, 7) is 4.37. The van der Waals surface area contributed by atoms with Crippen LogP contribution in [-0.2, 0) is 4.74 Å². The first-order chi connectivity index (χ1) is 7.88. The van der Waals surface area contributed by atoms with Gasteiger partial charge in [0, 0.05) is 12.6 Å². The van der Waals surface area contributed by atoms with E-state index in [1.807, 2.05) is 0 Å². The molecule has 0 aromatic heterocycles. The van der Waals surface area contributed by atoms with E-state index in [9.17, 15) is 0 Å². The topological polar surface area (TPSA) is 21.3 Å². The minimum atomic E-state index is 0.498. The molecule has 3 unspecified atom stereocenters. The summed E-state index contributed by atoms with van der Waals surface area (Å²) in [5.41, 5.74) is 0. The Morgan fingerprint density at radius 3 is 3.00 bits per heavy atom. The normalized spacial score (nSPS) is 35.2. The monoisotopic (exact) mass is 223 g/mol. The molecule has 1 heterocycles. The second kappa shape index (κ2) is 6.41. The molecule has 16 heavy (non-hydrogen) atoms. The maximum absolute atomic E-state index is 5.70. The van der Waals surface area contributed by atoms with E-state index in [2.05, 4.69) is 24.4 Å². The smallest absolute Gasteiger partial charge is 0.0587 e. The van der Waals surface area contributed by atoms with Crippen molar-refractivity contribution in [2.45, 2.75) is 57.6 Å². The number of allylic oxidation sites excluding steroid dienone is 2. The van der Waals surface area contributed by atoms with Gasteiger partial charge in [0.15, 0.2) is 0 Å². The first-order valence-electron chi connectivity index (χ1n) is 6.88. The fourth-order valence-electron chi connectivity index (χ4n) is 2.73. The third-order valence-electron chi connectivity index (χ3n) is 3.90. The zero-order chi connectivity index (χ0) is 11.2. The Morgan fingerprint density at radius 2 is 2.25 bits per heavy atom. The van der Waals surface area contributed by atoms with Crippen molar-refractivity contribution in [2.24, 2.45) is 5.92 Å². The molecule has 2 heteroatoms. The number of rotatable bonds is 4. The van der Waals surface area contributed by atoms with E-state index in [1.165, 1.54) is 38.6 Å². The first kappa shape index (κ1) is 12.1. The van der Waals surface area contributed by atoms with E-state index >= 15 is 0 Å². The van der Waals surface area contributed by atoms with Gasteiger partial charge in [0.1, 0.15) is 0 Å². The average Bonchev–Trinajstić information content (AvgIpc) is 2.38. The highest BCUT2D eigenvalue weighted by atomic mass is 16.5. The van der Waals surface area contributed by atoms with Gasteiger partial charge in [0.2, 0.25) is 0 Å². The van der Waals surface area contributed by atoms with Crippen LogP contribution >= 0.6 is 0 Å². The van der Waals surface area contributed by atoms with E-state index < -0.39 is 0 Å². The van der Waals surface area contributed by atoms with Crippen LogP contribution in [0.2, 0.25) is 0 Å². The molecule has 0 aromatic rings. The van der Waals surface area contributed by atoms with Crippen molar-refractivity contribution in [3.8, 4) is 0 Å². The lowest BCUT2D eigenvalue weighted by atomic mass is 9.93. The van der Waals surface area contributed by atoms with Crippen LogP contribution in [-0.4, -0.2) is 25.3 Å². The Morgan fingerprint density at radius 1 is 1.31 bits per heavy atom. The second-order valence-electron chi connectivity index (χ2n) is 5.18. The Kier molecular flexibility index (Phi) is 4.86. The highest BCUT2D eigenvalue weighted by Crippen LogP contribution is 2.20. The van der Waals surface area contributed by atoms with Crippen molar-refractivity contribution in [3.05, 3.63) is 12.2 Å². The molecule has 0 aromatic carbocycles. The molecule has 2 nitrogen and oxygen atoms in total. The summed E-state index contributed by atoms with van der Waals surface area (Å²) in [5, 5.41) is 3.74. The number of hydrogen-bond acceptors (Lipinski definition) is 2. The Hall–Kier alpha value is -0.340. The molecular weight excluding hydrogens is 198 g/mol. The van der Waals surface area contributed by atoms with Gasteiger partial charge in [-0.3, -0.25) is 0 Å². The van der Waals surface area contributed by atoms with Crippen LogP contribution in [0.4, 0.5) is 0 Å². The fourth-order valence-corrected chi connectivity index (χ4v) is 2.73. The average molecular weight is 223 g/mol. The van der Waals surface area contributed by atoms with Crippen molar-refractivity contribution >= 4 is 0 Å². The van der Waals surface area contributed by atoms with Gasteiger partial charge in [0.25, 0.3) is 0 Å². The van der Waals surface area contributed by atoms with Crippen LogP contribution < -0.4 is 5.32 Å². The SMILES string of the molecule is CCC1CC(NCC2CC=CCC2)CCO1. The Balaban J connectivity index is 1.66. The summed E-state index contributed by atoms with van der Waals surface area (Å²) in [6.07, 6.45) is 12.6. The summed E-state index contributed by atoms with van der Waals surface area (Å²) in [4.78, 5) is 0. The zero-order valence-electron chi connectivity index (χ0n) is 10.5. The molecule has 92 valence electrons. The third-order valence-corrected chi connectivity index (χ3v) is 3.90. The van der Waals surface area contributed by atoms with Crippen LogP contribution in [0.3, 0.4) is 0 Å². The standard InChI is InChI=1S/C14H25NO/c1-2-14-10-13(8-9-16-14)15-11-12-6-4-3-5-7-12/h3-4,12-15H,2,5-11H2,1H3. The van der Waals surface area contributed by atoms with Gasteiger partial charge in [-0.25, -0.2) is 0 Å². The summed E-state index contributed by atoms with van der Waals surface area (Å²) >= 11 is 0. The molecule has 1 aliphatic heterocycles. The van der Waals surface area contributed by atoms with Crippen LogP contribution in [0, 0.1) is 5.92 Å². The molecule has 0 spiro atoms. The van der Waals surface area contributed by atoms with E-state index in [0.29, 0.717) is 12.1 Å². The summed E-state index contributed by atoms with van der Waals surface area (Å²) in [5.74, 6) is 0.868. The van der Waals surface area contributed by atoms with Gasteiger partial charge in [-0.1, -0.05) is 19.1 Å². The van der Waals surface area contributed by atoms with E-state index in [4.69, 9.17) is 4.74 Å². The van der Waals surface area contributed by atoms with E-state index in [0.717, 1.165) is 18.9 Å². The van der Waals surface area contributed by atoms with Gasteiger partial charge in [-0.15, -0.1) is 0 Å². The van der Waals surface area contributed by atoms with Crippen LogP contribution in [0.5, 0.6) is 0 Å². The molecule has 0 saturated carbocycles. The molecule has 1 fully saturated rings. The molecule has 2 aliphatic rings. The molecule has 0 bridgehead atoms. The summed E-state index contributed by atoms with van der Waals surface area (Å²) < 4.78 is 5.70. The summed E-state index contributed by atoms with van der Waals surface area (Å²) in [6, 6.07) is 0.699. The lowest BCUT2D eigenvalue weighted by molar-refractivity contribution is -0.000640. The van der Waals surface area contributed by atoms with Gasteiger partial charge in [-0.2, -0.15) is 0 Å². The number of ether oxygens (including phenoxy) is 1. The minimum Gasteiger partial charge on any atom is -0.378 e. The molecular formula is C14H25NO. The van der Waals surface area contributed by atoms with Gasteiger partial charge >= 0.3 is 0 Å². The van der Waals surface area contributed by atoms with Gasteiger partial charge in [-0.05, 0) is 51.0 Å². The van der Waals surface area contributed by atoms with Crippen molar-refractivity contribution in [1.82, 2.24) is 5.32 Å².